The number of carboxylic acids is 1. The highest BCUT2D eigenvalue weighted by atomic mass is 35.5. The van der Waals surface area contributed by atoms with Crippen molar-refractivity contribution in [3.8, 4) is 0 Å². The van der Waals surface area contributed by atoms with Gasteiger partial charge in [-0.15, -0.1) is 0 Å². The molecule has 1 fully saturated rings. The van der Waals surface area contributed by atoms with Crippen LogP contribution in [0.1, 0.15) is 29.6 Å². The minimum absolute atomic E-state index is 0.0725. The van der Waals surface area contributed by atoms with Crippen LogP contribution in [-0.2, 0) is 0 Å². The molecule has 4 N–H and O–H groups in total. The molecule has 21 heavy (non-hydrogen) atoms. The van der Waals surface area contributed by atoms with Crippen molar-refractivity contribution in [1.82, 2.24) is 10.6 Å². The number of carbonyl (C=O) groups excluding carboxylic acids is 1. The molecule has 0 unspecified atom stereocenters. The fourth-order valence-corrected chi connectivity index (χ4v) is 1.97. The summed E-state index contributed by atoms with van der Waals surface area (Å²) in [6.45, 7) is 1.42. The molecule has 0 aromatic heterocycles. The van der Waals surface area contributed by atoms with Gasteiger partial charge < -0.3 is 21.1 Å². The van der Waals surface area contributed by atoms with Gasteiger partial charge in [-0.25, -0.2) is 9.59 Å². The van der Waals surface area contributed by atoms with E-state index in [2.05, 4.69) is 16.0 Å². The molecular formula is C14H18ClN3O3. The van der Waals surface area contributed by atoms with E-state index in [1.807, 2.05) is 0 Å². The summed E-state index contributed by atoms with van der Waals surface area (Å²) in [6.07, 6.45) is 3.32. The number of carbonyl (C=O) groups is 2. The van der Waals surface area contributed by atoms with Crippen LogP contribution in [0.4, 0.5) is 10.5 Å². The maximum Gasteiger partial charge on any atom is 0.335 e. The maximum atomic E-state index is 11.7. The van der Waals surface area contributed by atoms with E-state index in [0.717, 1.165) is 13.0 Å². The molecular weight excluding hydrogens is 294 g/mol. The lowest BCUT2D eigenvalue weighted by Gasteiger charge is -2.10. The molecule has 0 atom stereocenters. The van der Waals surface area contributed by atoms with E-state index in [-0.39, 0.29) is 11.3 Å². The first-order valence-electron chi connectivity index (χ1n) is 6.87. The number of rotatable bonds is 7. The number of benzene rings is 1. The number of carboxylic acid groups (broad SMARTS) is 1. The number of hydrogen-bond donors (Lipinski definition) is 4. The first kappa shape index (κ1) is 15.6. The van der Waals surface area contributed by atoms with Crippen molar-refractivity contribution in [3.63, 3.8) is 0 Å². The van der Waals surface area contributed by atoms with Crippen LogP contribution in [0.5, 0.6) is 0 Å². The highest BCUT2D eigenvalue weighted by Crippen LogP contribution is 2.23. The van der Waals surface area contributed by atoms with Gasteiger partial charge in [-0.05, 0) is 44.0 Å². The minimum atomic E-state index is -1.07. The van der Waals surface area contributed by atoms with Crippen LogP contribution in [0, 0.1) is 0 Å². The van der Waals surface area contributed by atoms with Gasteiger partial charge in [0.15, 0.2) is 0 Å². The number of hydrogen-bond acceptors (Lipinski definition) is 3. The standard InChI is InChI=1S/C14H18ClN3O3/c15-11-5-2-9(13(19)20)8-12(11)18-14(21)17-7-1-6-16-10-3-4-10/h2,5,8,10,16H,1,3-4,6-7H2,(H,19,20)(H2,17,18,21). The molecule has 0 radical (unpaired) electrons. The molecule has 1 aromatic carbocycles. The van der Waals surface area contributed by atoms with Gasteiger partial charge in [0.25, 0.3) is 0 Å². The minimum Gasteiger partial charge on any atom is -0.478 e. The summed E-state index contributed by atoms with van der Waals surface area (Å²) in [5, 5.41) is 17.8. The largest absolute Gasteiger partial charge is 0.478 e. The third-order valence-electron chi connectivity index (χ3n) is 3.11. The molecule has 0 aliphatic heterocycles. The molecule has 0 spiro atoms. The number of amides is 2. The van der Waals surface area contributed by atoms with Crippen LogP contribution >= 0.6 is 11.6 Å². The smallest absolute Gasteiger partial charge is 0.335 e. The Bertz CT molecular complexity index is 532. The van der Waals surface area contributed by atoms with Gasteiger partial charge in [0, 0.05) is 12.6 Å². The predicted octanol–water partition coefficient (Wildman–Crippen LogP) is 2.30. The number of aromatic carboxylic acids is 1. The fourth-order valence-electron chi connectivity index (χ4n) is 1.80. The van der Waals surface area contributed by atoms with Gasteiger partial charge in [-0.1, -0.05) is 11.6 Å². The van der Waals surface area contributed by atoms with Gasteiger partial charge in [0.05, 0.1) is 16.3 Å². The Balaban J connectivity index is 1.75. The first-order valence-corrected chi connectivity index (χ1v) is 7.25. The van der Waals surface area contributed by atoms with Crippen LogP contribution in [0.2, 0.25) is 5.02 Å². The van der Waals surface area contributed by atoms with Gasteiger partial charge in [-0.3, -0.25) is 0 Å². The maximum absolute atomic E-state index is 11.7. The van der Waals surface area contributed by atoms with Crippen LogP contribution in [-0.4, -0.2) is 36.2 Å². The van der Waals surface area contributed by atoms with E-state index >= 15 is 0 Å². The molecule has 0 saturated heterocycles. The predicted molar refractivity (Wildman–Crippen MR) is 81.1 cm³/mol. The summed E-state index contributed by atoms with van der Waals surface area (Å²) in [5.74, 6) is -1.07. The second-order valence-electron chi connectivity index (χ2n) is 4.96. The second kappa shape index (κ2) is 7.28. The number of nitrogens with one attached hydrogen (secondary N) is 3. The topological polar surface area (TPSA) is 90.5 Å². The Morgan fingerprint density at radius 3 is 2.71 bits per heavy atom. The zero-order chi connectivity index (χ0) is 15.2. The number of urea groups is 1. The monoisotopic (exact) mass is 311 g/mol. The molecule has 0 heterocycles. The summed E-state index contributed by atoms with van der Waals surface area (Å²) >= 11 is 5.93. The van der Waals surface area contributed by atoms with E-state index in [0.29, 0.717) is 17.6 Å². The zero-order valence-corrected chi connectivity index (χ0v) is 12.2. The Kier molecular flexibility index (Phi) is 5.41. The zero-order valence-electron chi connectivity index (χ0n) is 11.5. The fraction of sp³-hybridized carbons (Fsp3) is 0.429. The Morgan fingerprint density at radius 2 is 2.05 bits per heavy atom. The lowest BCUT2D eigenvalue weighted by atomic mass is 10.2. The van der Waals surface area contributed by atoms with Crippen molar-refractivity contribution in [2.45, 2.75) is 25.3 Å². The second-order valence-corrected chi connectivity index (χ2v) is 5.37. The van der Waals surface area contributed by atoms with Crippen molar-refractivity contribution >= 4 is 29.3 Å². The lowest BCUT2D eigenvalue weighted by Crippen LogP contribution is -2.31. The van der Waals surface area contributed by atoms with Gasteiger partial charge in [-0.2, -0.15) is 0 Å². The highest BCUT2D eigenvalue weighted by Gasteiger charge is 2.19. The number of anilines is 1. The quantitative estimate of drug-likeness (QED) is 0.582. The van der Waals surface area contributed by atoms with E-state index in [4.69, 9.17) is 16.7 Å². The van der Waals surface area contributed by atoms with E-state index < -0.39 is 12.0 Å². The third-order valence-corrected chi connectivity index (χ3v) is 3.44. The van der Waals surface area contributed by atoms with Gasteiger partial charge in [0.2, 0.25) is 0 Å². The van der Waals surface area contributed by atoms with Crippen LogP contribution in [0.25, 0.3) is 0 Å². The summed E-state index contributed by atoms with van der Waals surface area (Å²) in [7, 11) is 0. The molecule has 1 aliphatic rings. The molecule has 2 amide bonds. The van der Waals surface area contributed by atoms with Crippen LogP contribution < -0.4 is 16.0 Å². The molecule has 1 saturated carbocycles. The van der Waals surface area contributed by atoms with Crippen LogP contribution in [0.15, 0.2) is 18.2 Å². The van der Waals surface area contributed by atoms with Crippen molar-refractivity contribution in [2.24, 2.45) is 0 Å². The lowest BCUT2D eigenvalue weighted by molar-refractivity contribution is 0.0697. The van der Waals surface area contributed by atoms with Gasteiger partial charge >= 0.3 is 12.0 Å². The Morgan fingerprint density at radius 1 is 1.29 bits per heavy atom. The summed E-state index contributed by atoms with van der Waals surface area (Å²) < 4.78 is 0. The van der Waals surface area contributed by atoms with Crippen molar-refractivity contribution < 1.29 is 14.7 Å². The van der Waals surface area contributed by atoms with Crippen LogP contribution in [0.3, 0.4) is 0 Å². The highest BCUT2D eigenvalue weighted by molar-refractivity contribution is 6.33. The Labute approximate surface area is 127 Å². The summed E-state index contributed by atoms with van der Waals surface area (Å²) in [5.41, 5.74) is 0.355. The normalized spacial score (nSPS) is 13.8. The van der Waals surface area contributed by atoms with E-state index in [9.17, 15) is 9.59 Å². The number of halogens is 1. The molecule has 7 heteroatoms. The SMILES string of the molecule is O=C(NCCCNC1CC1)Nc1cc(C(=O)O)ccc1Cl. The van der Waals surface area contributed by atoms with Crippen molar-refractivity contribution in [2.75, 3.05) is 18.4 Å². The third kappa shape index (κ3) is 5.24. The molecule has 6 nitrogen and oxygen atoms in total. The average Bonchev–Trinajstić information content (AvgIpc) is 3.24. The Hall–Kier alpha value is -1.79. The van der Waals surface area contributed by atoms with Crippen molar-refractivity contribution in [3.05, 3.63) is 28.8 Å². The van der Waals surface area contributed by atoms with E-state index in [1.54, 1.807) is 0 Å². The molecule has 114 valence electrons. The molecule has 1 aliphatic carbocycles. The summed E-state index contributed by atoms with van der Waals surface area (Å²) in [6, 6.07) is 4.43. The van der Waals surface area contributed by atoms with Crippen molar-refractivity contribution in [1.29, 1.82) is 0 Å². The molecule has 2 rings (SSSR count). The first-order chi connectivity index (χ1) is 10.1. The molecule has 1 aromatic rings. The van der Waals surface area contributed by atoms with E-state index in [1.165, 1.54) is 31.0 Å². The average molecular weight is 312 g/mol. The molecule has 0 bridgehead atoms. The summed E-state index contributed by atoms with van der Waals surface area (Å²) in [4.78, 5) is 22.6. The van der Waals surface area contributed by atoms with Gasteiger partial charge in [0.1, 0.15) is 0 Å².